The number of hydrogen-bond donors (Lipinski definition) is 2. The number of nitrogens with one attached hydrogen (secondary N) is 2. The van der Waals surface area contributed by atoms with Crippen LogP contribution in [0.2, 0.25) is 0 Å². The van der Waals surface area contributed by atoms with E-state index < -0.39 is 0 Å². The third-order valence-corrected chi connectivity index (χ3v) is 4.16. The predicted molar refractivity (Wildman–Crippen MR) is 78.9 cm³/mol. The lowest BCUT2D eigenvalue weighted by molar-refractivity contribution is -0.140. The standard InChI is InChI=1S/C14H26N4O3/c1-21-14(20)3-2-4-16-13(19)11-17-5-7-18(8-6-17)12-9-15-10-12/h12,15H,2-11H2,1H3,(H,16,19). The van der Waals surface area contributed by atoms with Crippen LogP contribution >= 0.6 is 0 Å². The first-order chi connectivity index (χ1) is 10.2. The molecule has 0 saturated carbocycles. The van der Waals surface area contributed by atoms with Crippen LogP contribution in [0.25, 0.3) is 0 Å². The average molecular weight is 298 g/mol. The van der Waals surface area contributed by atoms with E-state index in [9.17, 15) is 9.59 Å². The molecule has 7 nitrogen and oxygen atoms in total. The molecule has 2 aliphatic heterocycles. The Morgan fingerprint density at radius 3 is 2.52 bits per heavy atom. The Kier molecular flexibility index (Phi) is 6.41. The van der Waals surface area contributed by atoms with Crippen molar-refractivity contribution in [3.63, 3.8) is 0 Å². The molecule has 2 fully saturated rings. The highest BCUT2D eigenvalue weighted by Gasteiger charge is 2.27. The van der Waals surface area contributed by atoms with Gasteiger partial charge in [0.05, 0.1) is 13.7 Å². The van der Waals surface area contributed by atoms with E-state index >= 15 is 0 Å². The minimum atomic E-state index is -0.231. The van der Waals surface area contributed by atoms with Crippen molar-refractivity contribution in [3.8, 4) is 0 Å². The molecule has 0 bridgehead atoms. The van der Waals surface area contributed by atoms with Gasteiger partial charge in [-0.3, -0.25) is 19.4 Å². The number of amides is 1. The van der Waals surface area contributed by atoms with Gasteiger partial charge in [-0.2, -0.15) is 0 Å². The monoisotopic (exact) mass is 298 g/mol. The maximum atomic E-state index is 11.8. The largest absolute Gasteiger partial charge is 0.469 e. The van der Waals surface area contributed by atoms with Crippen molar-refractivity contribution in [3.05, 3.63) is 0 Å². The Morgan fingerprint density at radius 1 is 1.24 bits per heavy atom. The van der Waals surface area contributed by atoms with E-state index in [1.807, 2.05) is 0 Å². The highest BCUT2D eigenvalue weighted by Crippen LogP contribution is 2.09. The predicted octanol–water partition coefficient (Wildman–Crippen LogP) is -1.35. The summed E-state index contributed by atoms with van der Waals surface area (Å²) in [6, 6.07) is 0.694. The van der Waals surface area contributed by atoms with Gasteiger partial charge in [0.1, 0.15) is 0 Å². The van der Waals surface area contributed by atoms with Crippen molar-refractivity contribution in [2.24, 2.45) is 0 Å². The molecule has 0 radical (unpaired) electrons. The maximum absolute atomic E-state index is 11.8. The third kappa shape index (κ3) is 5.26. The number of nitrogens with zero attached hydrogens (tertiary/aromatic N) is 2. The Hall–Kier alpha value is -1.18. The normalized spacial score (nSPS) is 20.8. The van der Waals surface area contributed by atoms with Gasteiger partial charge >= 0.3 is 5.97 Å². The first-order valence-electron chi connectivity index (χ1n) is 7.69. The number of rotatable bonds is 7. The molecule has 2 rings (SSSR count). The van der Waals surface area contributed by atoms with Crippen LogP contribution in [-0.2, 0) is 14.3 Å². The summed E-state index contributed by atoms with van der Waals surface area (Å²) >= 11 is 0. The fourth-order valence-corrected chi connectivity index (χ4v) is 2.64. The lowest BCUT2D eigenvalue weighted by Gasteiger charge is -2.43. The Bertz CT molecular complexity index is 352. The molecular formula is C14H26N4O3. The van der Waals surface area contributed by atoms with Gasteiger partial charge in [0, 0.05) is 58.3 Å². The van der Waals surface area contributed by atoms with Crippen LogP contribution in [0.5, 0.6) is 0 Å². The van der Waals surface area contributed by atoms with Crippen molar-refractivity contribution in [2.75, 3.05) is 59.5 Å². The summed E-state index contributed by atoms with van der Waals surface area (Å²) in [4.78, 5) is 27.4. The fourth-order valence-electron chi connectivity index (χ4n) is 2.64. The van der Waals surface area contributed by atoms with Crippen LogP contribution in [0, 0.1) is 0 Å². The number of carbonyl (C=O) groups is 2. The second kappa shape index (κ2) is 8.31. The van der Waals surface area contributed by atoms with Gasteiger partial charge in [0.15, 0.2) is 0 Å². The summed E-state index contributed by atoms with van der Waals surface area (Å²) < 4.78 is 4.55. The van der Waals surface area contributed by atoms with Gasteiger partial charge in [-0.1, -0.05) is 0 Å². The van der Waals surface area contributed by atoms with E-state index in [1.54, 1.807) is 0 Å². The molecule has 21 heavy (non-hydrogen) atoms. The quantitative estimate of drug-likeness (QED) is 0.447. The van der Waals surface area contributed by atoms with Crippen LogP contribution in [0.3, 0.4) is 0 Å². The van der Waals surface area contributed by atoms with E-state index in [0.717, 1.165) is 39.3 Å². The van der Waals surface area contributed by atoms with E-state index in [1.165, 1.54) is 7.11 Å². The maximum Gasteiger partial charge on any atom is 0.305 e. The highest BCUT2D eigenvalue weighted by molar-refractivity contribution is 5.78. The number of hydrogen-bond acceptors (Lipinski definition) is 6. The fraction of sp³-hybridized carbons (Fsp3) is 0.857. The molecule has 0 atom stereocenters. The number of esters is 1. The molecule has 2 aliphatic rings. The molecule has 0 aromatic heterocycles. The van der Waals surface area contributed by atoms with Crippen LogP contribution in [0.4, 0.5) is 0 Å². The Balaban J connectivity index is 1.53. The van der Waals surface area contributed by atoms with Crippen molar-refractivity contribution in [1.82, 2.24) is 20.4 Å². The number of methoxy groups -OCH3 is 1. The molecular weight excluding hydrogens is 272 g/mol. The SMILES string of the molecule is COC(=O)CCCNC(=O)CN1CCN(C2CNC2)CC1. The minimum Gasteiger partial charge on any atom is -0.469 e. The molecule has 2 N–H and O–H groups in total. The summed E-state index contributed by atoms with van der Waals surface area (Å²) in [5.74, 6) is -0.190. The molecule has 0 unspecified atom stereocenters. The van der Waals surface area contributed by atoms with Crippen molar-refractivity contribution >= 4 is 11.9 Å². The molecule has 2 saturated heterocycles. The number of ether oxygens (including phenoxy) is 1. The summed E-state index contributed by atoms with van der Waals surface area (Å²) in [5, 5.41) is 6.14. The summed E-state index contributed by atoms with van der Waals surface area (Å²) in [7, 11) is 1.38. The zero-order valence-electron chi connectivity index (χ0n) is 12.8. The van der Waals surface area contributed by atoms with E-state index in [0.29, 0.717) is 32.0 Å². The van der Waals surface area contributed by atoms with Crippen LogP contribution in [-0.4, -0.2) is 87.2 Å². The third-order valence-electron chi connectivity index (χ3n) is 4.16. The number of piperazine rings is 1. The molecule has 0 aliphatic carbocycles. The van der Waals surface area contributed by atoms with Gasteiger partial charge < -0.3 is 15.4 Å². The molecule has 1 amide bonds. The second-order valence-electron chi connectivity index (χ2n) is 5.65. The van der Waals surface area contributed by atoms with Crippen LogP contribution in [0.15, 0.2) is 0 Å². The van der Waals surface area contributed by atoms with Gasteiger partial charge in [0.25, 0.3) is 0 Å². The zero-order valence-corrected chi connectivity index (χ0v) is 12.8. The van der Waals surface area contributed by atoms with Gasteiger partial charge in [-0.25, -0.2) is 0 Å². The van der Waals surface area contributed by atoms with E-state index in [-0.39, 0.29) is 11.9 Å². The smallest absolute Gasteiger partial charge is 0.305 e. The summed E-state index contributed by atoms with van der Waals surface area (Å²) in [6.45, 7) is 7.17. The van der Waals surface area contributed by atoms with Crippen molar-refractivity contribution < 1.29 is 14.3 Å². The van der Waals surface area contributed by atoms with E-state index in [4.69, 9.17) is 0 Å². The van der Waals surface area contributed by atoms with Gasteiger partial charge in [0.2, 0.25) is 5.91 Å². The summed E-state index contributed by atoms with van der Waals surface area (Å²) in [6.07, 6.45) is 0.978. The van der Waals surface area contributed by atoms with Crippen LogP contribution < -0.4 is 10.6 Å². The highest BCUT2D eigenvalue weighted by atomic mass is 16.5. The first-order valence-corrected chi connectivity index (χ1v) is 7.69. The zero-order chi connectivity index (χ0) is 15.1. The molecule has 2 heterocycles. The molecule has 7 heteroatoms. The molecule has 120 valence electrons. The number of carbonyl (C=O) groups excluding carboxylic acids is 2. The Morgan fingerprint density at radius 2 is 1.95 bits per heavy atom. The second-order valence-corrected chi connectivity index (χ2v) is 5.65. The molecule has 0 spiro atoms. The lowest BCUT2D eigenvalue weighted by Crippen LogP contribution is -2.62. The Labute approximate surface area is 126 Å². The van der Waals surface area contributed by atoms with Gasteiger partial charge in [-0.05, 0) is 6.42 Å². The minimum absolute atomic E-state index is 0.0404. The lowest BCUT2D eigenvalue weighted by atomic mass is 10.1. The van der Waals surface area contributed by atoms with Gasteiger partial charge in [-0.15, -0.1) is 0 Å². The molecule has 0 aromatic rings. The van der Waals surface area contributed by atoms with Crippen molar-refractivity contribution in [1.29, 1.82) is 0 Å². The average Bonchev–Trinajstić information content (AvgIpc) is 2.43. The van der Waals surface area contributed by atoms with Crippen molar-refractivity contribution in [2.45, 2.75) is 18.9 Å². The molecule has 0 aromatic carbocycles. The first kappa shape index (κ1) is 16.2. The summed E-state index contributed by atoms with van der Waals surface area (Å²) in [5.41, 5.74) is 0. The van der Waals surface area contributed by atoms with Crippen LogP contribution in [0.1, 0.15) is 12.8 Å². The topological polar surface area (TPSA) is 73.9 Å². The van der Waals surface area contributed by atoms with E-state index in [2.05, 4.69) is 25.2 Å².